The summed E-state index contributed by atoms with van der Waals surface area (Å²) in [5, 5.41) is 3.81. The summed E-state index contributed by atoms with van der Waals surface area (Å²) in [6, 6.07) is 4.96. The Balaban J connectivity index is 1.94. The summed E-state index contributed by atoms with van der Waals surface area (Å²) >= 11 is 1.30. The number of hydrogen-bond donors (Lipinski definition) is 1. The monoisotopic (exact) mass is 350 g/mol. The Morgan fingerprint density at radius 3 is 2.61 bits per heavy atom. The van der Waals surface area contributed by atoms with Gasteiger partial charge in [0.15, 0.2) is 0 Å². The fourth-order valence-electron chi connectivity index (χ4n) is 1.96. The van der Waals surface area contributed by atoms with Crippen LogP contribution in [0.3, 0.4) is 0 Å². The number of rotatable bonds is 4. The average Bonchev–Trinajstić information content (AvgIpc) is 3.07. The molecule has 23 heavy (non-hydrogen) atoms. The van der Waals surface area contributed by atoms with Crippen LogP contribution in [0.5, 0.6) is 0 Å². The van der Waals surface area contributed by atoms with E-state index in [4.69, 9.17) is 4.52 Å². The van der Waals surface area contributed by atoms with Crippen molar-refractivity contribution in [3.8, 4) is 10.7 Å². The summed E-state index contributed by atoms with van der Waals surface area (Å²) in [7, 11) is -3.73. The maximum atomic E-state index is 12.5. The van der Waals surface area contributed by atoms with Gasteiger partial charge in [0.2, 0.25) is 11.7 Å². The van der Waals surface area contributed by atoms with Crippen LogP contribution in [-0.2, 0) is 10.0 Å². The second-order valence-electron chi connectivity index (χ2n) is 4.99. The van der Waals surface area contributed by atoms with E-state index in [2.05, 4.69) is 19.8 Å². The number of sulfonamides is 1. The Morgan fingerprint density at radius 1 is 1.22 bits per heavy atom. The van der Waals surface area contributed by atoms with Gasteiger partial charge in [0.25, 0.3) is 10.0 Å². The molecule has 9 heteroatoms. The van der Waals surface area contributed by atoms with Gasteiger partial charge >= 0.3 is 0 Å². The molecular formula is C14H14N4O3S2. The van der Waals surface area contributed by atoms with Crippen LogP contribution in [0.15, 0.2) is 33.8 Å². The molecule has 0 bridgehead atoms. The largest absolute Gasteiger partial charge is 0.339 e. The molecule has 0 aromatic carbocycles. The molecule has 0 spiro atoms. The number of hydrogen-bond acceptors (Lipinski definition) is 7. The highest BCUT2D eigenvalue weighted by Crippen LogP contribution is 2.32. The van der Waals surface area contributed by atoms with Crippen LogP contribution in [0.1, 0.15) is 16.3 Å². The molecule has 0 unspecified atom stereocenters. The van der Waals surface area contributed by atoms with Crippen LogP contribution in [0, 0.1) is 20.8 Å². The number of nitrogens with zero attached hydrogens (tertiary/aromatic N) is 3. The number of pyridine rings is 1. The quantitative estimate of drug-likeness (QED) is 0.777. The highest BCUT2D eigenvalue weighted by Gasteiger charge is 2.22. The predicted molar refractivity (Wildman–Crippen MR) is 86.9 cm³/mol. The van der Waals surface area contributed by atoms with Crippen LogP contribution in [0.2, 0.25) is 0 Å². The topological polar surface area (TPSA) is 98.0 Å². The third kappa shape index (κ3) is 3.25. The van der Waals surface area contributed by atoms with Crippen LogP contribution in [-0.4, -0.2) is 23.5 Å². The zero-order valence-electron chi connectivity index (χ0n) is 12.7. The van der Waals surface area contributed by atoms with E-state index >= 15 is 0 Å². The van der Waals surface area contributed by atoms with Gasteiger partial charge in [-0.25, -0.2) is 13.4 Å². The molecule has 1 N–H and O–H groups in total. The Kier molecular flexibility index (Phi) is 3.90. The second kappa shape index (κ2) is 5.74. The summed E-state index contributed by atoms with van der Waals surface area (Å²) in [5.41, 5.74) is 0.953. The van der Waals surface area contributed by atoms with E-state index in [0.717, 1.165) is 5.56 Å². The number of aryl methyl sites for hydroxylation is 3. The molecule has 3 aromatic rings. The standard InChI is InChI=1S/C14H14N4O3S2/c1-8-4-5-13(15-7-8)18-23(19,20)12-6-11(22-9(12)2)14-16-10(3)21-17-14/h4-7H,1-3H3,(H,15,18). The highest BCUT2D eigenvalue weighted by atomic mass is 32.2. The number of nitrogens with one attached hydrogen (secondary N) is 1. The Morgan fingerprint density at radius 2 is 2.00 bits per heavy atom. The fraction of sp³-hybridized carbons (Fsp3) is 0.214. The first-order chi connectivity index (χ1) is 10.8. The molecule has 0 amide bonds. The molecule has 0 radical (unpaired) electrons. The molecule has 7 nitrogen and oxygen atoms in total. The predicted octanol–water partition coefficient (Wildman–Crippen LogP) is 2.92. The van der Waals surface area contributed by atoms with Crippen molar-refractivity contribution in [2.24, 2.45) is 0 Å². The van der Waals surface area contributed by atoms with E-state index in [1.807, 2.05) is 6.92 Å². The summed E-state index contributed by atoms with van der Waals surface area (Å²) in [4.78, 5) is 9.64. The first-order valence-corrected chi connectivity index (χ1v) is 9.02. The van der Waals surface area contributed by atoms with Gasteiger partial charge in [-0.05, 0) is 31.5 Å². The van der Waals surface area contributed by atoms with Crippen LogP contribution in [0.25, 0.3) is 10.7 Å². The van der Waals surface area contributed by atoms with E-state index < -0.39 is 10.0 Å². The zero-order valence-corrected chi connectivity index (χ0v) is 14.3. The van der Waals surface area contributed by atoms with Gasteiger partial charge in [0, 0.05) is 18.0 Å². The zero-order chi connectivity index (χ0) is 16.6. The lowest BCUT2D eigenvalue weighted by Gasteiger charge is -2.06. The molecule has 0 atom stereocenters. The van der Waals surface area contributed by atoms with Gasteiger partial charge in [0.1, 0.15) is 10.7 Å². The molecule has 3 aromatic heterocycles. The van der Waals surface area contributed by atoms with Crippen molar-refractivity contribution in [2.75, 3.05) is 4.72 Å². The molecule has 0 aliphatic rings. The summed E-state index contributed by atoms with van der Waals surface area (Å²) < 4.78 is 32.5. The minimum absolute atomic E-state index is 0.183. The average molecular weight is 350 g/mol. The first kappa shape index (κ1) is 15.6. The van der Waals surface area contributed by atoms with E-state index in [1.54, 1.807) is 38.2 Å². The molecule has 3 heterocycles. The Hall–Kier alpha value is -2.26. The van der Waals surface area contributed by atoms with Crippen LogP contribution < -0.4 is 4.72 Å². The lowest BCUT2D eigenvalue weighted by atomic mass is 10.3. The van der Waals surface area contributed by atoms with Crippen molar-refractivity contribution in [1.29, 1.82) is 0 Å². The highest BCUT2D eigenvalue weighted by molar-refractivity contribution is 7.93. The van der Waals surface area contributed by atoms with Gasteiger partial charge in [-0.1, -0.05) is 11.2 Å². The normalized spacial score (nSPS) is 11.6. The minimum atomic E-state index is -3.73. The van der Waals surface area contributed by atoms with Gasteiger partial charge in [0.05, 0.1) is 4.88 Å². The van der Waals surface area contributed by atoms with Crippen molar-refractivity contribution in [3.05, 3.63) is 40.7 Å². The van der Waals surface area contributed by atoms with Gasteiger partial charge in [-0.2, -0.15) is 4.98 Å². The lowest BCUT2D eigenvalue weighted by molar-refractivity contribution is 0.394. The maximum Gasteiger partial charge on any atom is 0.264 e. The molecule has 0 fully saturated rings. The Bertz CT molecular complexity index is 943. The maximum absolute atomic E-state index is 12.5. The molecule has 0 aliphatic carbocycles. The molecule has 3 rings (SSSR count). The van der Waals surface area contributed by atoms with Crippen molar-refractivity contribution in [3.63, 3.8) is 0 Å². The molecule has 0 aliphatic heterocycles. The smallest absolute Gasteiger partial charge is 0.264 e. The van der Waals surface area contributed by atoms with Gasteiger partial charge in [-0.15, -0.1) is 11.3 Å². The summed E-state index contributed by atoms with van der Waals surface area (Å²) in [6.45, 7) is 5.30. The fourth-order valence-corrected chi connectivity index (χ4v) is 4.49. The molecule has 0 saturated heterocycles. The third-order valence-corrected chi connectivity index (χ3v) is 5.72. The Labute approximate surface area is 137 Å². The lowest BCUT2D eigenvalue weighted by Crippen LogP contribution is -2.14. The van der Waals surface area contributed by atoms with Gasteiger partial charge < -0.3 is 4.52 Å². The van der Waals surface area contributed by atoms with E-state index in [9.17, 15) is 8.42 Å². The second-order valence-corrected chi connectivity index (χ2v) is 7.90. The van der Waals surface area contributed by atoms with E-state index in [0.29, 0.717) is 21.5 Å². The number of thiophene rings is 1. The number of aromatic nitrogens is 3. The van der Waals surface area contributed by atoms with Crippen molar-refractivity contribution in [2.45, 2.75) is 25.7 Å². The SMILES string of the molecule is Cc1ccc(NS(=O)(=O)c2cc(-c3noc(C)n3)sc2C)nc1. The summed E-state index contributed by atoms with van der Waals surface area (Å²) in [6.07, 6.45) is 1.60. The minimum Gasteiger partial charge on any atom is -0.339 e. The molecule has 0 saturated carbocycles. The van der Waals surface area contributed by atoms with Crippen molar-refractivity contribution in [1.82, 2.24) is 15.1 Å². The summed E-state index contributed by atoms with van der Waals surface area (Å²) in [5.74, 6) is 1.08. The molecule has 120 valence electrons. The van der Waals surface area contributed by atoms with E-state index in [1.165, 1.54) is 11.3 Å². The van der Waals surface area contributed by atoms with Crippen molar-refractivity contribution < 1.29 is 12.9 Å². The van der Waals surface area contributed by atoms with Crippen molar-refractivity contribution >= 4 is 27.2 Å². The van der Waals surface area contributed by atoms with Crippen LogP contribution >= 0.6 is 11.3 Å². The number of anilines is 1. The third-order valence-electron chi connectivity index (χ3n) is 3.06. The first-order valence-electron chi connectivity index (χ1n) is 6.72. The van der Waals surface area contributed by atoms with Crippen LogP contribution in [0.4, 0.5) is 5.82 Å². The van der Waals surface area contributed by atoms with Gasteiger partial charge in [-0.3, -0.25) is 4.72 Å². The molecular weight excluding hydrogens is 336 g/mol. The van der Waals surface area contributed by atoms with E-state index in [-0.39, 0.29) is 10.7 Å².